The highest BCUT2D eigenvalue weighted by Crippen LogP contribution is 2.37. The summed E-state index contributed by atoms with van der Waals surface area (Å²) in [5, 5.41) is 12.2. The molecule has 0 saturated carbocycles. The molecule has 0 saturated heterocycles. The number of carbonyl (C=O) groups is 4. The molecule has 5 aromatic carbocycles. The quantitative estimate of drug-likeness (QED) is 0.0569. The molecule has 63 heavy (non-hydrogen) atoms. The summed E-state index contributed by atoms with van der Waals surface area (Å²) in [6.07, 6.45) is 5.33. The van der Waals surface area contributed by atoms with Crippen LogP contribution >= 0.6 is 0 Å². The van der Waals surface area contributed by atoms with Gasteiger partial charge >= 0.3 is 6.09 Å². The molecule has 4 N–H and O–H groups in total. The van der Waals surface area contributed by atoms with Crippen LogP contribution in [0.3, 0.4) is 0 Å². The van der Waals surface area contributed by atoms with Gasteiger partial charge in [0.1, 0.15) is 24.2 Å². The van der Waals surface area contributed by atoms with E-state index in [1.54, 1.807) is 12.3 Å². The zero-order chi connectivity index (χ0) is 44.3. The van der Waals surface area contributed by atoms with Gasteiger partial charge in [-0.2, -0.15) is 0 Å². The van der Waals surface area contributed by atoms with Crippen molar-refractivity contribution in [3.05, 3.63) is 216 Å². The van der Waals surface area contributed by atoms with Crippen molar-refractivity contribution in [2.75, 3.05) is 0 Å². The molecule has 0 radical (unpaired) electrons. The van der Waals surface area contributed by atoms with E-state index in [1.165, 1.54) is 0 Å². The van der Waals surface area contributed by atoms with Gasteiger partial charge in [0.05, 0.1) is 5.69 Å². The average Bonchev–Trinajstić information content (AvgIpc) is 3.32. The monoisotopic (exact) mass is 841 g/mol. The van der Waals surface area contributed by atoms with Gasteiger partial charge in [-0.05, 0) is 64.8 Å². The van der Waals surface area contributed by atoms with Gasteiger partial charge in [0, 0.05) is 25.1 Å². The van der Waals surface area contributed by atoms with E-state index in [0.717, 1.165) is 27.8 Å². The minimum atomic E-state index is -1.03. The van der Waals surface area contributed by atoms with Gasteiger partial charge in [-0.3, -0.25) is 19.4 Å². The van der Waals surface area contributed by atoms with Crippen LogP contribution in [0.1, 0.15) is 66.6 Å². The molecular formula is C53H55N5O5. The topological polar surface area (TPSA) is 139 Å². The van der Waals surface area contributed by atoms with Crippen molar-refractivity contribution >= 4 is 29.9 Å². The van der Waals surface area contributed by atoms with E-state index >= 15 is 0 Å². The van der Waals surface area contributed by atoms with Crippen molar-refractivity contribution in [3.63, 3.8) is 0 Å². The summed E-state index contributed by atoms with van der Waals surface area (Å²) in [4.78, 5) is 60.3. The summed E-state index contributed by atoms with van der Waals surface area (Å²) in [7, 11) is 0. The van der Waals surface area contributed by atoms with Crippen molar-refractivity contribution in [2.45, 2.75) is 69.8 Å². The molecule has 0 aliphatic heterocycles. The van der Waals surface area contributed by atoms with Crippen molar-refractivity contribution in [2.24, 2.45) is 5.92 Å². The standard InChI is InChI=1S/C53H55N5O5/c1-39(2)36-47(57-52(62)63-38-41-22-10-4-11-23-41)51(61)56-48(37-40-20-8-3-9-21-40)50(60)55-46(32-31-45-30-18-19-35-54-45)33-34-49(59)58-53(42-24-12-5-13-25-42,43-26-14-6-15-27-43)44-28-16-7-17-29-44/h3-32,35,39,46-48H,33-34,36-38H2,1-2H3,(H,55,60)(H,56,61)(H,57,62)(H,58,59)/b32-31+/t46-,47+,48+/m1/s1. The van der Waals surface area contributed by atoms with Crippen LogP contribution in [0.2, 0.25) is 0 Å². The highest BCUT2D eigenvalue weighted by Gasteiger charge is 2.38. The molecule has 10 heteroatoms. The van der Waals surface area contributed by atoms with Gasteiger partial charge in [-0.25, -0.2) is 4.79 Å². The Bertz CT molecular complexity index is 2270. The normalized spacial score (nSPS) is 12.7. The van der Waals surface area contributed by atoms with Crippen LogP contribution in [0.25, 0.3) is 6.08 Å². The van der Waals surface area contributed by atoms with Crippen LogP contribution in [0.4, 0.5) is 4.79 Å². The first kappa shape index (κ1) is 45.2. The van der Waals surface area contributed by atoms with Crippen LogP contribution in [0.15, 0.2) is 182 Å². The number of nitrogens with zero attached hydrogens (tertiary/aromatic N) is 1. The summed E-state index contributed by atoms with van der Waals surface area (Å²) in [5.41, 5.74) is 3.98. The van der Waals surface area contributed by atoms with Gasteiger partial charge < -0.3 is 26.0 Å². The van der Waals surface area contributed by atoms with Crippen LogP contribution in [0.5, 0.6) is 0 Å². The Balaban J connectivity index is 1.23. The molecule has 0 spiro atoms. The zero-order valence-electron chi connectivity index (χ0n) is 35.7. The predicted molar refractivity (Wildman–Crippen MR) is 247 cm³/mol. The van der Waals surface area contributed by atoms with Crippen molar-refractivity contribution in [1.82, 2.24) is 26.3 Å². The first-order chi connectivity index (χ1) is 30.7. The molecule has 0 fully saturated rings. The maximum Gasteiger partial charge on any atom is 0.408 e. The number of benzene rings is 5. The zero-order valence-corrected chi connectivity index (χ0v) is 35.7. The fraction of sp³-hybridized carbons (Fsp3) is 0.226. The Kier molecular flexibility index (Phi) is 16.5. The van der Waals surface area contributed by atoms with Crippen LogP contribution in [-0.2, 0) is 37.7 Å². The predicted octanol–water partition coefficient (Wildman–Crippen LogP) is 8.54. The Morgan fingerprint density at radius 1 is 0.603 bits per heavy atom. The maximum absolute atomic E-state index is 14.5. The molecule has 1 heterocycles. The Labute approximate surface area is 370 Å². The summed E-state index contributed by atoms with van der Waals surface area (Å²) < 4.78 is 5.45. The van der Waals surface area contributed by atoms with Crippen molar-refractivity contribution < 1.29 is 23.9 Å². The lowest BCUT2D eigenvalue weighted by Gasteiger charge is -2.37. The van der Waals surface area contributed by atoms with E-state index in [4.69, 9.17) is 4.74 Å². The summed E-state index contributed by atoms with van der Waals surface area (Å²) >= 11 is 0. The van der Waals surface area contributed by atoms with Crippen molar-refractivity contribution in [3.8, 4) is 0 Å². The highest BCUT2D eigenvalue weighted by molar-refractivity contribution is 5.91. The summed E-state index contributed by atoms with van der Waals surface area (Å²) in [6.45, 7) is 3.94. The van der Waals surface area contributed by atoms with Crippen LogP contribution in [-0.4, -0.2) is 46.9 Å². The first-order valence-corrected chi connectivity index (χ1v) is 21.4. The number of pyridine rings is 1. The minimum Gasteiger partial charge on any atom is -0.445 e. The molecule has 0 aliphatic rings. The van der Waals surface area contributed by atoms with Gasteiger partial charge in [-0.15, -0.1) is 0 Å². The Hall–Kier alpha value is -7.33. The van der Waals surface area contributed by atoms with E-state index in [1.807, 2.05) is 190 Å². The molecule has 0 unspecified atom stereocenters. The van der Waals surface area contributed by atoms with Crippen LogP contribution in [0, 0.1) is 5.92 Å². The Morgan fingerprint density at radius 2 is 1.11 bits per heavy atom. The number of rotatable bonds is 20. The number of carbonyl (C=O) groups excluding carboxylic acids is 4. The van der Waals surface area contributed by atoms with E-state index in [0.29, 0.717) is 12.1 Å². The molecule has 6 aromatic rings. The van der Waals surface area contributed by atoms with Gasteiger partial charge in [0.25, 0.3) is 0 Å². The molecular weight excluding hydrogens is 787 g/mol. The number of hydrogen-bond acceptors (Lipinski definition) is 6. The lowest BCUT2D eigenvalue weighted by atomic mass is 9.77. The number of ether oxygens (including phenoxy) is 1. The van der Waals surface area contributed by atoms with Gasteiger partial charge in [0.2, 0.25) is 17.7 Å². The molecule has 6 rings (SSSR count). The minimum absolute atomic E-state index is 0.0354. The lowest BCUT2D eigenvalue weighted by molar-refractivity contribution is -0.130. The molecule has 1 aromatic heterocycles. The summed E-state index contributed by atoms with van der Waals surface area (Å²) in [5.74, 6) is -1.16. The van der Waals surface area contributed by atoms with E-state index in [-0.39, 0.29) is 37.7 Å². The number of amides is 4. The number of alkyl carbamates (subject to hydrolysis) is 1. The van der Waals surface area contributed by atoms with Gasteiger partial charge in [-0.1, -0.05) is 178 Å². The highest BCUT2D eigenvalue weighted by atomic mass is 16.5. The van der Waals surface area contributed by atoms with Crippen molar-refractivity contribution in [1.29, 1.82) is 0 Å². The molecule has 3 atom stereocenters. The largest absolute Gasteiger partial charge is 0.445 e. The molecule has 4 amide bonds. The lowest BCUT2D eigenvalue weighted by Crippen LogP contribution is -2.55. The fourth-order valence-electron chi connectivity index (χ4n) is 7.47. The maximum atomic E-state index is 14.5. The SMILES string of the molecule is CC(C)C[C@H](NC(=O)OCc1ccccc1)C(=O)N[C@@H](Cc1ccccc1)C(=O)N[C@H](/C=C/c1ccccn1)CCC(=O)NC(c1ccccc1)(c1ccccc1)c1ccccc1. The second-order valence-corrected chi connectivity index (χ2v) is 15.8. The second kappa shape index (κ2) is 23.0. The number of aromatic nitrogens is 1. The van der Waals surface area contributed by atoms with Crippen LogP contribution < -0.4 is 21.3 Å². The fourth-order valence-corrected chi connectivity index (χ4v) is 7.47. The third-order valence-electron chi connectivity index (χ3n) is 10.6. The van der Waals surface area contributed by atoms with E-state index < -0.39 is 41.6 Å². The first-order valence-electron chi connectivity index (χ1n) is 21.4. The van der Waals surface area contributed by atoms with Gasteiger partial charge in [0.15, 0.2) is 0 Å². The Morgan fingerprint density at radius 3 is 1.63 bits per heavy atom. The second-order valence-electron chi connectivity index (χ2n) is 15.8. The van der Waals surface area contributed by atoms with E-state index in [2.05, 4.69) is 26.3 Å². The third-order valence-corrected chi connectivity index (χ3v) is 10.6. The molecule has 10 nitrogen and oxygen atoms in total. The third kappa shape index (κ3) is 13.3. The number of nitrogens with one attached hydrogen (secondary N) is 4. The number of hydrogen-bond donors (Lipinski definition) is 4. The molecule has 322 valence electrons. The van der Waals surface area contributed by atoms with E-state index in [9.17, 15) is 19.2 Å². The molecule has 0 bridgehead atoms. The summed E-state index contributed by atoms with van der Waals surface area (Å²) in [6, 6.07) is 51.2. The smallest absolute Gasteiger partial charge is 0.408 e. The average molecular weight is 842 g/mol. The molecule has 0 aliphatic carbocycles.